The molecule has 2 aromatic heterocycles. The van der Waals surface area contributed by atoms with Crippen molar-refractivity contribution in [3.05, 3.63) is 50.9 Å². The molecule has 0 bridgehead atoms. The second kappa shape index (κ2) is 11.5. The van der Waals surface area contributed by atoms with Gasteiger partial charge in [0.2, 0.25) is 5.91 Å². The topological polar surface area (TPSA) is 117 Å². The number of likely N-dealkylation sites (N-methyl/N-ethyl adjacent to an activating group) is 1. The first-order valence-electron chi connectivity index (χ1n) is 12.5. The zero-order valence-electron chi connectivity index (χ0n) is 21.2. The molecule has 1 amide bonds. The highest BCUT2D eigenvalue weighted by Crippen LogP contribution is 2.19. The summed E-state index contributed by atoms with van der Waals surface area (Å²) < 4.78 is 8.63. The normalized spacial score (nSPS) is 14.1. The molecule has 1 aromatic carbocycles. The maximum atomic E-state index is 12.8. The number of ether oxygens (including phenoxy) is 1. The van der Waals surface area contributed by atoms with Gasteiger partial charge in [-0.2, -0.15) is 0 Å². The maximum absolute atomic E-state index is 12.8. The smallest absolute Gasteiger partial charge is 0.330 e. The SMILES string of the molecule is CCCCn1c(=O)[nH]c(=O)c2c1nc(CN(CC)CC(=O)Nc1ccc(N3CCOCC3)cc1)n2C. The zero-order chi connectivity index (χ0) is 25.7. The number of aromatic amines is 1. The van der Waals surface area contributed by atoms with Crippen LogP contribution in [0.15, 0.2) is 33.9 Å². The number of amides is 1. The van der Waals surface area contributed by atoms with Gasteiger partial charge in [-0.3, -0.25) is 24.0 Å². The summed E-state index contributed by atoms with van der Waals surface area (Å²) in [6.45, 7) is 8.83. The van der Waals surface area contributed by atoms with Gasteiger partial charge in [0.15, 0.2) is 11.2 Å². The number of anilines is 2. The monoisotopic (exact) mass is 497 g/mol. The molecule has 1 fully saturated rings. The van der Waals surface area contributed by atoms with Gasteiger partial charge >= 0.3 is 5.69 Å². The van der Waals surface area contributed by atoms with Crippen molar-refractivity contribution in [1.82, 2.24) is 24.0 Å². The molecule has 1 saturated heterocycles. The van der Waals surface area contributed by atoms with Gasteiger partial charge in [-0.15, -0.1) is 0 Å². The van der Waals surface area contributed by atoms with Gasteiger partial charge in [-0.25, -0.2) is 9.78 Å². The summed E-state index contributed by atoms with van der Waals surface area (Å²) in [5, 5.41) is 2.96. The molecule has 0 atom stereocenters. The van der Waals surface area contributed by atoms with Crippen LogP contribution in [0.5, 0.6) is 0 Å². The Morgan fingerprint density at radius 2 is 1.89 bits per heavy atom. The lowest BCUT2D eigenvalue weighted by molar-refractivity contribution is -0.117. The number of hydrogen-bond acceptors (Lipinski definition) is 7. The highest BCUT2D eigenvalue weighted by molar-refractivity contribution is 5.92. The Labute approximate surface area is 209 Å². The molecule has 11 nitrogen and oxygen atoms in total. The van der Waals surface area contributed by atoms with E-state index in [-0.39, 0.29) is 12.5 Å². The molecule has 1 aliphatic heterocycles. The second-order valence-corrected chi connectivity index (χ2v) is 9.02. The summed E-state index contributed by atoms with van der Waals surface area (Å²) in [6, 6.07) is 7.83. The number of hydrogen-bond donors (Lipinski definition) is 2. The van der Waals surface area contributed by atoms with E-state index in [0.717, 1.165) is 50.5 Å². The summed E-state index contributed by atoms with van der Waals surface area (Å²) in [5.41, 5.74) is 1.70. The Bertz CT molecular complexity index is 1300. The predicted molar refractivity (Wildman–Crippen MR) is 140 cm³/mol. The van der Waals surface area contributed by atoms with Gasteiger partial charge in [0.25, 0.3) is 5.56 Å². The molecule has 194 valence electrons. The lowest BCUT2D eigenvalue weighted by atomic mass is 10.2. The Morgan fingerprint density at radius 1 is 1.17 bits per heavy atom. The van der Waals surface area contributed by atoms with Crippen LogP contribution < -0.4 is 21.5 Å². The number of aryl methyl sites for hydroxylation is 2. The zero-order valence-corrected chi connectivity index (χ0v) is 21.2. The van der Waals surface area contributed by atoms with E-state index in [1.807, 2.05) is 43.0 Å². The number of benzene rings is 1. The number of carbonyl (C=O) groups is 1. The Balaban J connectivity index is 1.44. The minimum atomic E-state index is -0.453. The third kappa shape index (κ3) is 5.68. The molecular weight excluding hydrogens is 462 g/mol. The van der Waals surface area contributed by atoms with Gasteiger partial charge in [0.1, 0.15) is 5.82 Å². The Kier molecular flexibility index (Phi) is 8.21. The van der Waals surface area contributed by atoms with E-state index in [0.29, 0.717) is 36.6 Å². The van der Waals surface area contributed by atoms with Crippen LogP contribution in [-0.2, 0) is 29.7 Å². The highest BCUT2D eigenvalue weighted by atomic mass is 16.5. The average Bonchev–Trinajstić information content (AvgIpc) is 3.20. The van der Waals surface area contributed by atoms with E-state index in [9.17, 15) is 14.4 Å². The molecule has 0 unspecified atom stereocenters. The molecule has 0 radical (unpaired) electrons. The molecule has 11 heteroatoms. The minimum Gasteiger partial charge on any atom is -0.378 e. The standard InChI is InChI=1S/C25H35N7O4/c1-4-6-11-32-23-22(24(34)28-25(32)35)29(3)20(27-23)16-30(5-2)17-21(33)26-18-7-9-19(10-8-18)31-12-14-36-15-13-31/h7-10H,4-6,11-17H2,1-3H3,(H,26,33)(H,28,34,35). The van der Waals surface area contributed by atoms with Crippen LogP contribution >= 0.6 is 0 Å². The lowest BCUT2D eigenvalue weighted by Gasteiger charge is -2.29. The number of nitrogens with zero attached hydrogens (tertiary/aromatic N) is 5. The Morgan fingerprint density at radius 3 is 2.56 bits per heavy atom. The first kappa shape index (κ1) is 25.6. The van der Waals surface area contributed by atoms with E-state index in [1.54, 1.807) is 11.6 Å². The minimum absolute atomic E-state index is 0.132. The van der Waals surface area contributed by atoms with E-state index >= 15 is 0 Å². The van der Waals surface area contributed by atoms with Crippen molar-refractivity contribution in [2.24, 2.45) is 7.05 Å². The van der Waals surface area contributed by atoms with Crippen molar-refractivity contribution >= 4 is 28.4 Å². The Hall–Kier alpha value is -3.44. The molecular formula is C25H35N7O4. The quantitative estimate of drug-likeness (QED) is 0.436. The van der Waals surface area contributed by atoms with E-state index in [4.69, 9.17) is 4.74 Å². The van der Waals surface area contributed by atoms with Crippen LogP contribution in [0, 0.1) is 0 Å². The summed E-state index contributed by atoms with van der Waals surface area (Å²) >= 11 is 0. The number of imidazole rings is 1. The summed E-state index contributed by atoms with van der Waals surface area (Å²) in [4.78, 5) is 48.9. The molecule has 0 spiro atoms. The molecule has 4 rings (SSSR count). The first-order chi connectivity index (χ1) is 17.4. The number of nitrogens with one attached hydrogen (secondary N) is 2. The predicted octanol–water partition coefficient (Wildman–Crippen LogP) is 1.52. The number of fused-ring (bicyclic) bond motifs is 1. The van der Waals surface area contributed by atoms with Crippen molar-refractivity contribution in [2.75, 3.05) is 49.6 Å². The third-order valence-corrected chi connectivity index (χ3v) is 6.55. The van der Waals surface area contributed by atoms with Gasteiger partial charge in [0, 0.05) is 38.1 Å². The van der Waals surface area contributed by atoms with Crippen LogP contribution in [0.2, 0.25) is 0 Å². The van der Waals surface area contributed by atoms with Crippen LogP contribution in [0.4, 0.5) is 11.4 Å². The van der Waals surface area contributed by atoms with Crippen LogP contribution in [0.1, 0.15) is 32.5 Å². The number of carbonyl (C=O) groups excluding carboxylic acids is 1. The number of rotatable bonds is 10. The number of morpholine rings is 1. The van der Waals surface area contributed by atoms with Crippen molar-refractivity contribution < 1.29 is 9.53 Å². The fourth-order valence-electron chi connectivity index (χ4n) is 4.42. The summed E-state index contributed by atoms with van der Waals surface area (Å²) in [6.07, 6.45) is 1.73. The molecule has 0 aliphatic carbocycles. The highest BCUT2D eigenvalue weighted by Gasteiger charge is 2.19. The van der Waals surface area contributed by atoms with Crippen molar-refractivity contribution in [3.63, 3.8) is 0 Å². The van der Waals surface area contributed by atoms with E-state index in [2.05, 4.69) is 20.2 Å². The van der Waals surface area contributed by atoms with E-state index < -0.39 is 11.2 Å². The van der Waals surface area contributed by atoms with Crippen molar-refractivity contribution in [2.45, 2.75) is 39.8 Å². The molecule has 3 aromatic rings. The average molecular weight is 498 g/mol. The summed E-state index contributed by atoms with van der Waals surface area (Å²) in [7, 11) is 1.76. The molecule has 2 N–H and O–H groups in total. The summed E-state index contributed by atoms with van der Waals surface area (Å²) in [5.74, 6) is 0.489. The maximum Gasteiger partial charge on any atom is 0.330 e. The van der Waals surface area contributed by atoms with Crippen molar-refractivity contribution in [3.8, 4) is 0 Å². The van der Waals surface area contributed by atoms with Gasteiger partial charge in [0.05, 0.1) is 26.3 Å². The number of unbranched alkanes of at least 4 members (excludes halogenated alkanes) is 1. The van der Waals surface area contributed by atoms with Gasteiger partial charge in [-0.1, -0.05) is 20.3 Å². The van der Waals surface area contributed by atoms with Crippen LogP contribution in [-0.4, -0.2) is 69.3 Å². The van der Waals surface area contributed by atoms with E-state index in [1.165, 1.54) is 4.57 Å². The number of H-pyrrole nitrogens is 1. The number of aromatic nitrogens is 4. The molecule has 1 aliphatic rings. The molecule has 3 heterocycles. The molecule has 36 heavy (non-hydrogen) atoms. The first-order valence-corrected chi connectivity index (χ1v) is 12.5. The lowest BCUT2D eigenvalue weighted by Crippen LogP contribution is -2.36. The fourth-order valence-corrected chi connectivity index (χ4v) is 4.42. The van der Waals surface area contributed by atoms with Crippen LogP contribution in [0.3, 0.4) is 0 Å². The van der Waals surface area contributed by atoms with Gasteiger partial charge in [-0.05, 0) is 37.2 Å². The fraction of sp³-hybridized carbons (Fsp3) is 0.520. The molecule has 0 saturated carbocycles. The van der Waals surface area contributed by atoms with Crippen molar-refractivity contribution in [1.29, 1.82) is 0 Å². The largest absolute Gasteiger partial charge is 0.378 e. The van der Waals surface area contributed by atoms with Crippen LogP contribution in [0.25, 0.3) is 11.2 Å². The third-order valence-electron chi connectivity index (χ3n) is 6.55. The van der Waals surface area contributed by atoms with Gasteiger partial charge < -0.3 is 19.5 Å². The second-order valence-electron chi connectivity index (χ2n) is 9.02.